The minimum Gasteiger partial charge on any atom is -0.399 e. The Kier molecular flexibility index (Phi) is 4.11. The quantitative estimate of drug-likeness (QED) is 0.284. The van der Waals surface area contributed by atoms with Crippen molar-refractivity contribution in [2.24, 2.45) is 0 Å². The highest BCUT2D eigenvalue weighted by Crippen LogP contribution is 2.27. The summed E-state index contributed by atoms with van der Waals surface area (Å²) in [6.07, 6.45) is 1.76. The number of benzene rings is 3. The molecule has 0 spiro atoms. The first-order chi connectivity index (χ1) is 15.7. The molecule has 7 heteroatoms. The van der Waals surface area contributed by atoms with Crippen molar-refractivity contribution in [2.45, 2.75) is 0 Å². The Hall–Kier alpha value is -4.65. The molecule has 3 aromatic carbocycles. The molecule has 154 valence electrons. The summed E-state index contributed by atoms with van der Waals surface area (Å²) in [5.74, 6) is 2.43. The number of imidazole rings is 2. The van der Waals surface area contributed by atoms with Crippen LogP contribution in [0, 0.1) is 0 Å². The molecule has 6 aromatic rings. The molecule has 0 aliphatic rings. The van der Waals surface area contributed by atoms with Gasteiger partial charge in [0.2, 0.25) is 0 Å². The molecule has 6 rings (SSSR count). The van der Waals surface area contributed by atoms with Gasteiger partial charge in [-0.1, -0.05) is 30.3 Å². The molecular weight excluding hydrogens is 398 g/mol. The zero-order chi connectivity index (χ0) is 21.5. The summed E-state index contributed by atoms with van der Waals surface area (Å²) in [6.45, 7) is 0. The zero-order valence-corrected chi connectivity index (χ0v) is 17.0. The molecule has 0 atom stereocenters. The molecule has 0 saturated carbocycles. The highest BCUT2D eigenvalue weighted by atomic mass is 15.0. The molecule has 0 saturated heterocycles. The van der Waals surface area contributed by atoms with E-state index in [1.54, 1.807) is 6.20 Å². The molecule has 0 aliphatic carbocycles. The van der Waals surface area contributed by atoms with Crippen LogP contribution < -0.4 is 11.1 Å². The van der Waals surface area contributed by atoms with Crippen LogP contribution in [0.25, 0.3) is 44.8 Å². The summed E-state index contributed by atoms with van der Waals surface area (Å²) in [5, 5.41) is 3.30. The number of nitrogen functional groups attached to an aromatic ring is 1. The summed E-state index contributed by atoms with van der Waals surface area (Å²) < 4.78 is 0. The predicted molar refractivity (Wildman–Crippen MR) is 129 cm³/mol. The van der Waals surface area contributed by atoms with Gasteiger partial charge in [-0.2, -0.15) is 0 Å². The first-order valence-corrected chi connectivity index (χ1v) is 10.3. The molecule has 7 nitrogen and oxygen atoms in total. The van der Waals surface area contributed by atoms with E-state index in [-0.39, 0.29) is 0 Å². The Labute approximate surface area is 183 Å². The van der Waals surface area contributed by atoms with Crippen LogP contribution in [0.4, 0.5) is 17.2 Å². The minimum absolute atomic E-state index is 0.703. The number of nitrogens with one attached hydrogen (secondary N) is 3. The number of nitrogens with two attached hydrogens (primary N) is 1. The van der Waals surface area contributed by atoms with Crippen molar-refractivity contribution in [3.05, 3.63) is 85.1 Å². The topological polar surface area (TPSA) is 108 Å². The van der Waals surface area contributed by atoms with Gasteiger partial charge in [-0.15, -0.1) is 0 Å². The van der Waals surface area contributed by atoms with E-state index >= 15 is 0 Å². The fraction of sp³-hybridized carbons (Fsp3) is 0. The first-order valence-electron chi connectivity index (χ1n) is 10.3. The van der Waals surface area contributed by atoms with E-state index in [1.165, 1.54) is 0 Å². The van der Waals surface area contributed by atoms with Crippen molar-refractivity contribution in [3.63, 3.8) is 0 Å². The lowest BCUT2D eigenvalue weighted by Crippen LogP contribution is -1.91. The molecule has 0 radical (unpaired) electrons. The SMILES string of the molecule is Nc1ccc2[nH]c(-c3ccc(-c4nc5cc(Nc6ccccn6)ccc5[nH]4)cc3)nc2c1. The molecule has 32 heavy (non-hydrogen) atoms. The van der Waals surface area contributed by atoms with Gasteiger partial charge >= 0.3 is 0 Å². The Morgan fingerprint density at radius 1 is 0.688 bits per heavy atom. The highest BCUT2D eigenvalue weighted by Gasteiger charge is 2.09. The smallest absolute Gasteiger partial charge is 0.138 e. The van der Waals surface area contributed by atoms with Crippen LogP contribution in [0.3, 0.4) is 0 Å². The molecule has 0 bridgehead atoms. The molecule has 3 aromatic heterocycles. The Morgan fingerprint density at radius 3 is 2.00 bits per heavy atom. The van der Waals surface area contributed by atoms with Crippen molar-refractivity contribution in [2.75, 3.05) is 11.1 Å². The minimum atomic E-state index is 0.703. The lowest BCUT2D eigenvalue weighted by molar-refractivity contribution is 1.31. The van der Waals surface area contributed by atoms with Crippen LogP contribution in [-0.4, -0.2) is 24.9 Å². The molecule has 3 heterocycles. The van der Waals surface area contributed by atoms with Crippen LogP contribution >= 0.6 is 0 Å². The second kappa shape index (κ2) is 7.24. The average molecular weight is 417 g/mol. The third-order valence-corrected chi connectivity index (χ3v) is 5.36. The van der Waals surface area contributed by atoms with Gasteiger partial charge in [0.1, 0.15) is 17.5 Å². The number of rotatable bonds is 4. The summed E-state index contributed by atoms with van der Waals surface area (Å²) in [5.41, 5.74) is 13.2. The standard InChI is InChI=1S/C25H19N7/c26-17-8-10-19-21(13-17)31-24(29-19)15-4-6-16(7-5-15)25-30-20-11-9-18(14-22(20)32-25)28-23-3-1-2-12-27-23/h1-14H,26H2,(H,27,28)(H,29,31)(H,30,32). The van der Waals surface area contributed by atoms with Gasteiger partial charge in [0, 0.05) is 28.7 Å². The Morgan fingerprint density at radius 2 is 1.34 bits per heavy atom. The molecule has 0 aliphatic heterocycles. The van der Waals surface area contributed by atoms with Gasteiger partial charge in [0.05, 0.1) is 22.1 Å². The number of pyridine rings is 1. The van der Waals surface area contributed by atoms with Crippen molar-refractivity contribution in [3.8, 4) is 22.8 Å². The maximum Gasteiger partial charge on any atom is 0.138 e. The Bertz CT molecular complexity index is 1550. The van der Waals surface area contributed by atoms with Gasteiger partial charge < -0.3 is 21.0 Å². The van der Waals surface area contributed by atoms with Crippen LogP contribution in [-0.2, 0) is 0 Å². The van der Waals surface area contributed by atoms with Crippen molar-refractivity contribution in [1.82, 2.24) is 24.9 Å². The number of H-pyrrole nitrogens is 2. The van der Waals surface area contributed by atoms with E-state index in [0.717, 1.165) is 56.3 Å². The fourth-order valence-electron chi connectivity index (χ4n) is 3.75. The Balaban J connectivity index is 1.28. The largest absolute Gasteiger partial charge is 0.399 e. The van der Waals surface area contributed by atoms with Gasteiger partial charge in [-0.3, -0.25) is 0 Å². The molecule has 0 unspecified atom stereocenters. The number of aromatic nitrogens is 5. The van der Waals surface area contributed by atoms with E-state index in [0.29, 0.717) is 5.69 Å². The number of hydrogen-bond donors (Lipinski definition) is 4. The number of anilines is 3. The zero-order valence-electron chi connectivity index (χ0n) is 17.0. The maximum absolute atomic E-state index is 5.86. The summed E-state index contributed by atoms with van der Waals surface area (Å²) in [7, 11) is 0. The lowest BCUT2D eigenvalue weighted by atomic mass is 10.1. The van der Waals surface area contributed by atoms with Gasteiger partial charge in [0.15, 0.2) is 0 Å². The molecular formula is C25H19N7. The number of hydrogen-bond acceptors (Lipinski definition) is 5. The molecule has 0 amide bonds. The highest BCUT2D eigenvalue weighted by molar-refractivity contribution is 5.84. The average Bonchev–Trinajstić information content (AvgIpc) is 3.43. The molecule has 0 fully saturated rings. The number of aromatic amines is 2. The number of nitrogens with zero attached hydrogens (tertiary/aromatic N) is 3. The van der Waals surface area contributed by atoms with Gasteiger partial charge in [0.25, 0.3) is 0 Å². The third kappa shape index (κ3) is 3.31. The van der Waals surface area contributed by atoms with Crippen LogP contribution in [0.15, 0.2) is 85.1 Å². The fourth-order valence-corrected chi connectivity index (χ4v) is 3.75. The summed E-state index contributed by atoms with van der Waals surface area (Å²) in [4.78, 5) is 20.5. The summed E-state index contributed by atoms with van der Waals surface area (Å²) >= 11 is 0. The summed E-state index contributed by atoms with van der Waals surface area (Å²) in [6, 6.07) is 25.7. The van der Waals surface area contributed by atoms with Gasteiger partial charge in [-0.05, 0) is 48.5 Å². The maximum atomic E-state index is 5.86. The van der Waals surface area contributed by atoms with Crippen LogP contribution in [0.1, 0.15) is 0 Å². The predicted octanol–water partition coefficient (Wildman–Crippen LogP) is 5.49. The normalized spacial score (nSPS) is 11.2. The van der Waals surface area contributed by atoms with Crippen LogP contribution in [0.2, 0.25) is 0 Å². The molecule has 5 N–H and O–H groups in total. The lowest BCUT2D eigenvalue weighted by Gasteiger charge is -2.04. The van der Waals surface area contributed by atoms with Gasteiger partial charge in [-0.25, -0.2) is 15.0 Å². The van der Waals surface area contributed by atoms with E-state index in [1.807, 2.05) is 78.9 Å². The van der Waals surface area contributed by atoms with Crippen molar-refractivity contribution < 1.29 is 0 Å². The van der Waals surface area contributed by atoms with Crippen LogP contribution in [0.5, 0.6) is 0 Å². The van der Waals surface area contributed by atoms with E-state index < -0.39 is 0 Å². The second-order valence-electron chi connectivity index (χ2n) is 7.60. The van der Waals surface area contributed by atoms with E-state index in [9.17, 15) is 0 Å². The van der Waals surface area contributed by atoms with E-state index in [2.05, 4.69) is 25.3 Å². The number of fused-ring (bicyclic) bond motifs is 2. The van der Waals surface area contributed by atoms with Crippen molar-refractivity contribution in [1.29, 1.82) is 0 Å². The van der Waals surface area contributed by atoms with Crippen molar-refractivity contribution >= 4 is 39.3 Å². The second-order valence-corrected chi connectivity index (χ2v) is 7.60. The first kappa shape index (κ1) is 18.1. The van der Waals surface area contributed by atoms with E-state index in [4.69, 9.17) is 10.7 Å². The third-order valence-electron chi connectivity index (χ3n) is 5.36. The monoisotopic (exact) mass is 417 g/mol.